The lowest BCUT2D eigenvalue weighted by molar-refractivity contribution is -0.137. The van der Waals surface area contributed by atoms with Crippen LogP contribution in [0.25, 0.3) is 0 Å². The first-order chi connectivity index (χ1) is 15.1. The summed E-state index contributed by atoms with van der Waals surface area (Å²) >= 11 is 0. The highest BCUT2D eigenvalue weighted by Gasteiger charge is 2.58. The third-order valence-corrected chi connectivity index (χ3v) is 8.07. The number of benzene rings is 1. The van der Waals surface area contributed by atoms with Gasteiger partial charge >= 0.3 is 6.03 Å². The van der Waals surface area contributed by atoms with Crippen molar-refractivity contribution in [1.29, 1.82) is 0 Å². The van der Waals surface area contributed by atoms with E-state index in [1.165, 1.54) is 37.2 Å². The summed E-state index contributed by atoms with van der Waals surface area (Å²) in [5.74, 6) is 0.0841. The van der Waals surface area contributed by atoms with E-state index in [0.29, 0.717) is 6.54 Å². The van der Waals surface area contributed by atoms with Crippen LogP contribution in [0.5, 0.6) is 0 Å². The fourth-order valence-electron chi connectivity index (χ4n) is 6.27. The van der Waals surface area contributed by atoms with Crippen molar-refractivity contribution < 1.29 is 9.59 Å². The van der Waals surface area contributed by atoms with Gasteiger partial charge in [0.15, 0.2) is 0 Å². The topological polar surface area (TPSA) is 47.1 Å². The molecule has 0 radical (unpaired) electrons. The lowest BCUT2D eigenvalue weighted by Crippen LogP contribution is -2.56. The Morgan fingerprint density at radius 2 is 1.55 bits per heavy atom. The molecule has 0 N–H and O–H groups in total. The van der Waals surface area contributed by atoms with Crippen LogP contribution in [0.4, 0.5) is 10.5 Å². The number of nitrogens with zero attached hydrogens (tertiary/aromatic N) is 4. The second kappa shape index (κ2) is 8.45. The molecule has 3 saturated heterocycles. The van der Waals surface area contributed by atoms with Gasteiger partial charge in [-0.25, -0.2) is 4.79 Å². The first-order valence-corrected chi connectivity index (χ1v) is 12.3. The Hall–Kier alpha value is -2.08. The van der Waals surface area contributed by atoms with Gasteiger partial charge in [-0.1, -0.05) is 25.0 Å². The number of anilines is 1. The molecule has 168 valence electrons. The smallest absolute Gasteiger partial charge is 0.327 e. The number of imide groups is 1. The third kappa shape index (κ3) is 3.63. The van der Waals surface area contributed by atoms with Crippen LogP contribution < -0.4 is 4.90 Å². The highest BCUT2D eigenvalue weighted by molar-refractivity contribution is 6.07. The van der Waals surface area contributed by atoms with Crippen molar-refractivity contribution in [2.45, 2.75) is 76.4 Å². The van der Waals surface area contributed by atoms with E-state index in [-0.39, 0.29) is 18.0 Å². The van der Waals surface area contributed by atoms with E-state index in [2.05, 4.69) is 34.1 Å². The molecule has 1 spiro atoms. The van der Waals surface area contributed by atoms with Gasteiger partial charge in [-0.3, -0.25) is 14.6 Å². The number of carbonyl (C=O) groups excluding carboxylic acids is 2. The van der Waals surface area contributed by atoms with Crippen LogP contribution in [0.1, 0.15) is 63.9 Å². The summed E-state index contributed by atoms with van der Waals surface area (Å²) in [6.07, 6.45) is 8.31. The average molecular weight is 425 g/mol. The van der Waals surface area contributed by atoms with Crippen LogP contribution in [-0.4, -0.2) is 70.9 Å². The van der Waals surface area contributed by atoms with Crippen LogP contribution in [0.15, 0.2) is 24.3 Å². The second-order valence-corrected chi connectivity index (χ2v) is 9.81. The van der Waals surface area contributed by atoms with E-state index >= 15 is 0 Å². The fraction of sp³-hybridized carbons (Fsp3) is 0.680. The predicted octanol–water partition coefficient (Wildman–Crippen LogP) is 3.85. The van der Waals surface area contributed by atoms with E-state index in [1.807, 2.05) is 11.8 Å². The summed E-state index contributed by atoms with van der Waals surface area (Å²) in [4.78, 5) is 35.1. The van der Waals surface area contributed by atoms with Gasteiger partial charge in [0.25, 0.3) is 5.91 Å². The first-order valence-electron chi connectivity index (χ1n) is 12.3. The molecule has 1 aromatic rings. The molecule has 0 aromatic heterocycles. The van der Waals surface area contributed by atoms with Crippen molar-refractivity contribution in [2.75, 3.05) is 37.6 Å². The highest BCUT2D eigenvalue weighted by Crippen LogP contribution is 2.40. The Balaban J connectivity index is 1.23. The molecule has 4 fully saturated rings. The summed E-state index contributed by atoms with van der Waals surface area (Å²) in [5, 5.41) is 0. The monoisotopic (exact) mass is 424 g/mol. The van der Waals surface area contributed by atoms with Crippen molar-refractivity contribution in [3.05, 3.63) is 29.8 Å². The molecule has 0 unspecified atom stereocenters. The van der Waals surface area contributed by atoms with Crippen molar-refractivity contribution in [1.82, 2.24) is 14.7 Å². The minimum absolute atomic E-state index is 0.0367. The number of carbonyl (C=O) groups is 2. The standard InChI is InChI=1S/C25H36N4O2/c1-2-28-24(31)29(22-7-3-4-8-22)23(30)25(28)13-17-26(18-14-25)19-20-9-11-21(12-10-20)27-15-5-6-16-27/h9-12,22H,2-8,13-19H2,1H3. The number of likely N-dealkylation sites (tertiary alicyclic amines) is 1. The zero-order valence-electron chi connectivity index (χ0n) is 18.9. The van der Waals surface area contributed by atoms with Gasteiger partial charge in [0.1, 0.15) is 5.54 Å². The molecule has 5 rings (SSSR count). The van der Waals surface area contributed by atoms with E-state index in [0.717, 1.165) is 58.2 Å². The summed E-state index contributed by atoms with van der Waals surface area (Å²) in [6.45, 7) is 7.62. The molecule has 3 amide bonds. The summed E-state index contributed by atoms with van der Waals surface area (Å²) in [7, 11) is 0. The molecule has 4 aliphatic rings. The summed E-state index contributed by atoms with van der Waals surface area (Å²) < 4.78 is 0. The van der Waals surface area contributed by atoms with Crippen molar-refractivity contribution >= 4 is 17.6 Å². The quantitative estimate of drug-likeness (QED) is 0.674. The van der Waals surface area contributed by atoms with Gasteiger partial charge in [0.2, 0.25) is 0 Å². The van der Waals surface area contributed by atoms with E-state index in [1.54, 1.807) is 4.90 Å². The number of hydrogen-bond donors (Lipinski definition) is 0. The zero-order valence-corrected chi connectivity index (χ0v) is 18.9. The molecule has 1 aromatic carbocycles. The van der Waals surface area contributed by atoms with Gasteiger partial charge in [-0.2, -0.15) is 0 Å². The van der Waals surface area contributed by atoms with E-state index < -0.39 is 5.54 Å². The molecule has 0 bridgehead atoms. The molecule has 3 aliphatic heterocycles. The van der Waals surface area contributed by atoms with Gasteiger partial charge < -0.3 is 9.80 Å². The average Bonchev–Trinajstić information content (AvgIpc) is 3.53. The Morgan fingerprint density at radius 3 is 2.16 bits per heavy atom. The maximum atomic E-state index is 13.5. The zero-order chi connectivity index (χ0) is 21.4. The number of hydrogen-bond acceptors (Lipinski definition) is 4. The fourth-order valence-corrected chi connectivity index (χ4v) is 6.27. The van der Waals surface area contributed by atoms with Crippen LogP contribution in [0.3, 0.4) is 0 Å². The molecule has 6 heteroatoms. The van der Waals surface area contributed by atoms with Crippen LogP contribution in [0.2, 0.25) is 0 Å². The molecular weight excluding hydrogens is 388 g/mol. The molecule has 1 saturated carbocycles. The normalized spacial score (nSPS) is 24.9. The molecule has 1 aliphatic carbocycles. The lowest BCUT2D eigenvalue weighted by Gasteiger charge is -2.42. The van der Waals surface area contributed by atoms with Crippen LogP contribution in [0, 0.1) is 0 Å². The van der Waals surface area contributed by atoms with E-state index in [9.17, 15) is 9.59 Å². The summed E-state index contributed by atoms with van der Waals surface area (Å²) in [6, 6.07) is 9.10. The van der Waals surface area contributed by atoms with E-state index in [4.69, 9.17) is 0 Å². The Bertz CT molecular complexity index is 803. The van der Waals surface area contributed by atoms with Gasteiger partial charge in [-0.15, -0.1) is 0 Å². The largest absolute Gasteiger partial charge is 0.372 e. The molecule has 31 heavy (non-hydrogen) atoms. The first kappa shape index (κ1) is 20.8. The molecule has 3 heterocycles. The summed E-state index contributed by atoms with van der Waals surface area (Å²) in [5.41, 5.74) is 2.05. The molecule has 6 nitrogen and oxygen atoms in total. The number of likely N-dealkylation sites (N-methyl/N-ethyl adjacent to an activating group) is 1. The number of rotatable bonds is 5. The highest BCUT2D eigenvalue weighted by atomic mass is 16.2. The Labute approximate surface area is 186 Å². The van der Waals surface area contributed by atoms with Crippen molar-refractivity contribution in [2.24, 2.45) is 0 Å². The van der Waals surface area contributed by atoms with Crippen LogP contribution in [-0.2, 0) is 11.3 Å². The SMILES string of the molecule is CCN1C(=O)N(C2CCCC2)C(=O)C12CCN(Cc1ccc(N3CCCC3)cc1)CC2. The van der Waals surface area contributed by atoms with Gasteiger partial charge in [0.05, 0.1) is 0 Å². The van der Waals surface area contributed by atoms with Crippen molar-refractivity contribution in [3.8, 4) is 0 Å². The molecule has 0 atom stereocenters. The Morgan fingerprint density at radius 1 is 0.903 bits per heavy atom. The second-order valence-electron chi connectivity index (χ2n) is 9.81. The lowest BCUT2D eigenvalue weighted by atomic mass is 9.85. The maximum absolute atomic E-state index is 13.5. The minimum atomic E-state index is -0.607. The van der Waals surface area contributed by atoms with Gasteiger partial charge in [-0.05, 0) is 63.1 Å². The number of urea groups is 1. The third-order valence-electron chi connectivity index (χ3n) is 8.07. The number of amides is 3. The molecular formula is C25H36N4O2. The Kier molecular flexibility index (Phi) is 5.67. The maximum Gasteiger partial charge on any atom is 0.327 e. The van der Waals surface area contributed by atoms with Crippen LogP contribution >= 0.6 is 0 Å². The predicted molar refractivity (Wildman–Crippen MR) is 122 cm³/mol. The van der Waals surface area contributed by atoms with Gasteiger partial charge in [0, 0.05) is 51.0 Å². The number of piperidine rings is 1. The van der Waals surface area contributed by atoms with Crippen molar-refractivity contribution in [3.63, 3.8) is 0 Å². The minimum Gasteiger partial charge on any atom is -0.372 e.